The molecule has 3 aromatic rings. The van der Waals surface area contributed by atoms with Crippen LogP contribution >= 0.6 is 0 Å². The predicted molar refractivity (Wildman–Crippen MR) is 189 cm³/mol. The molecule has 17 heteroatoms. The smallest absolute Gasteiger partial charge is 0.422 e. The number of alkyl halides is 3. The minimum atomic E-state index is -4.93. The van der Waals surface area contributed by atoms with Crippen LogP contribution in [0.3, 0.4) is 0 Å². The van der Waals surface area contributed by atoms with Crippen molar-refractivity contribution < 1.29 is 56.0 Å². The summed E-state index contributed by atoms with van der Waals surface area (Å²) in [5.41, 5.74) is 2.73. The molecular weight excluding hydrogens is 730 g/mol. The monoisotopic (exact) mass is 775 g/mol. The van der Waals surface area contributed by atoms with Crippen molar-refractivity contribution in [2.45, 2.75) is 76.9 Å². The zero-order valence-corrected chi connectivity index (χ0v) is 30.8. The first-order chi connectivity index (χ1) is 26.0. The number of aliphatic hydroxyl groups excluding tert-OH is 1. The van der Waals surface area contributed by atoms with Gasteiger partial charge in [0.15, 0.2) is 6.29 Å². The molecule has 2 saturated heterocycles. The summed E-state index contributed by atoms with van der Waals surface area (Å²) in [4.78, 5) is 43.4. The number of benzene rings is 2. The molecule has 2 aromatic carbocycles. The number of hydrogen-bond acceptors (Lipinski definition) is 10. The number of amides is 3. The molecule has 0 bridgehead atoms. The number of nitrogens with zero attached hydrogens (tertiary/aromatic N) is 2. The molecule has 3 heterocycles. The zero-order chi connectivity index (χ0) is 39.9. The van der Waals surface area contributed by atoms with Crippen LogP contribution < -0.4 is 16.1 Å². The number of fused-ring (bicyclic) bond motifs is 1. The highest BCUT2D eigenvalue weighted by atomic mass is 19.4. The molecule has 2 fully saturated rings. The third-order valence-corrected chi connectivity index (χ3v) is 9.39. The van der Waals surface area contributed by atoms with Gasteiger partial charge in [0.25, 0.3) is 0 Å². The standard InChI is InChI=1S/C38H45F4N5O8/c1-37(2,3)32(45-35(50)52-4)33(49)44-29(17-22-7-10-24(11-8-22)25-6-5-14-43-18-25)30(48)20-47(19-23-9-12-27(28(39)16-23)38(40,41)42)46-36(51)55-31-21-54-34-26(31)13-15-53-34/h5-12,14,16,18,26,29-32,34,48H,13,15,17,19-21H2,1-4H3,(H,44,49)(H,45,50)(H,46,51). The maximum absolute atomic E-state index is 14.6. The lowest BCUT2D eigenvalue weighted by atomic mass is 9.85. The maximum atomic E-state index is 14.6. The van der Waals surface area contributed by atoms with Gasteiger partial charge in [-0.3, -0.25) is 15.2 Å². The summed E-state index contributed by atoms with van der Waals surface area (Å²) in [6, 6.07) is 11.2. The van der Waals surface area contributed by atoms with Crippen LogP contribution in [0.1, 0.15) is 43.9 Å². The Labute approximate surface area is 315 Å². The fourth-order valence-electron chi connectivity index (χ4n) is 6.47. The van der Waals surface area contributed by atoms with Crippen molar-refractivity contribution in [1.82, 2.24) is 26.1 Å². The van der Waals surface area contributed by atoms with Crippen LogP contribution in [-0.4, -0.2) is 90.6 Å². The average molecular weight is 776 g/mol. The lowest BCUT2D eigenvalue weighted by molar-refractivity contribution is -0.140. The van der Waals surface area contributed by atoms with Crippen molar-refractivity contribution in [1.29, 1.82) is 0 Å². The Balaban J connectivity index is 1.41. The van der Waals surface area contributed by atoms with Crippen LogP contribution in [0, 0.1) is 17.2 Å². The molecule has 298 valence electrons. The Hall–Kier alpha value is -4.84. The molecule has 4 N–H and O–H groups in total. The average Bonchev–Trinajstić information content (AvgIpc) is 3.75. The molecule has 55 heavy (non-hydrogen) atoms. The number of methoxy groups -OCH3 is 1. The molecule has 5 rings (SSSR count). The number of rotatable bonds is 13. The number of carbonyl (C=O) groups excluding carboxylic acids is 3. The van der Waals surface area contributed by atoms with Crippen molar-refractivity contribution in [3.05, 3.63) is 89.5 Å². The highest BCUT2D eigenvalue weighted by molar-refractivity contribution is 5.86. The summed E-state index contributed by atoms with van der Waals surface area (Å²) in [5.74, 6) is -2.37. The highest BCUT2D eigenvalue weighted by Crippen LogP contribution is 2.34. The first kappa shape index (κ1) is 41.3. The van der Waals surface area contributed by atoms with E-state index >= 15 is 0 Å². The number of aromatic nitrogens is 1. The first-order valence-electron chi connectivity index (χ1n) is 17.6. The predicted octanol–water partition coefficient (Wildman–Crippen LogP) is 4.97. The lowest BCUT2D eigenvalue weighted by Crippen LogP contribution is -2.59. The number of halogens is 4. The lowest BCUT2D eigenvalue weighted by Gasteiger charge is -2.34. The zero-order valence-electron chi connectivity index (χ0n) is 30.8. The second kappa shape index (κ2) is 17.7. The van der Waals surface area contributed by atoms with Gasteiger partial charge in [0.1, 0.15) is 18.0 Å². The van der Waals surface area contributed by atoms with E-state index in [9.17, 15) is 37.1 Å². The van der Waals surface area contributed by atoms with Crippen molar-refractivity contribution in [3.63, 3.8) is 0 Å². The number of ether oxygens (including phenoxy) is 4. The molecule has 3 amide bonds. The van der Waals surface area contributed by atoms with Gasteiger partial charge in [-0.2, -0.15) is 13.2 Å². The van der Waals surface area contributed by atoms with Crippen LogP contribution in [0.5, 0.6) is 0 Å². The summed E-state index contributed by atoms with van der Waals surface area (Å²) in [6.07, 6.45) is -5.35. The Kier molecular flexibility index (Phi) is 13.3. The van der Waals surface area contributed by atoms with E-state index in [4.69, 9.17) is 18.9 Å². The van der Waals surface area contributed by atoms with Gasteiger partial charge in [0.2, 0.25) is 5.91 Å². The van der Waals surface area contributed by atoms with Crippen molar-refractivity contribution in [2.75, 3.05) is 26.9 Å². The van der Waals surface area contributed by atoms with Crippen LogP contribution in [0.25, 0.3) is 11.1 Å². The Morgan fingerprint density at radius 2 is 1.73 bits per heavy atom. The van der Waals surface area contributed by atoms with E-state index in [1.807, 2.05) is 30.3 Å². The highest BCUT2D eigenvalue weighted by Gasteiger charge is 2.44. The van der Waals surface area contributed by atoms with Gasteiger partial charge in [0, 0.05) is 25.5 Å². The normalized spacial score (nSPS) is 19.9. The van der Waals surface area contributed by atoms with E-state index in [1.54, 1.807) is 39.2 Å². The summed E-state index contributed by atoms with van der Waals surface area (Å²) in [5, 5.41) is 18.3. The molecule has 0 radical (unpaired) electrons. The Bertz CT molecular complexity index is 1780. The number of aliphatic hydroxyl groups is 1. The molecule has 1 aromatic heterocycles. The third-order valence-electron chi connectivity index (χ3n) is 9.39. The molecule has 13 nitrogen and oxygen atoms in total. The van der Waals surface area contributed by atoms with Crippen molar-refractivity contribution >= 4 is 18.1 Å². The van der Waals surface area contributed by atoms with Gasteiger partial charge in [-0.1, -0.05) is 57.2 Å². The molecule has 0 saturated carbocycles. The Morgan fingerprint density at radius 3 is 2.36 bits per heavy atom. The van der Waals surface area contributed by atoms with E-state index < -0.39 is 78.2 Å². The summed E-state index contributed by atoms with van der Waals surface area (Å²) in [6.45, 7) is 4.91. The van der Waals surface area contributed by atoms with Crippen LogP contribution in [-0.2, 0) is 42.9 Å². The van der Waals surface area contributed by atoms with E-state index in [1.165, 1.54) is 0 Å². The number of hydrazine groups is 1. The molecule has 0 spiro atoms. The molecule has 6 unspecified atom stereocenters. The minimum Gasteiger partial charge on any atom is -0.453 e. The number of nitrogens with one attached hydrogen (secondary N) is 3. The van der Waals surface area contributed by atoms with Gasteiger partial charge in [-0.25, -0.2) is 19.0 Å². The minimum absolute atomic E-state index is 0.0353. The van der Waals surface area contributed by atoms with Gasteiger partial charge in [-0.15, -0.1) is 0 Å². The molecule has 2 aliphatic rings. The number of alkyl carbamates (subject to hydrolysis) is 1. The topological polar surface area (TPSA) is 161 Å². The third kappa shape index (κ3) is 11.1. The number of pyridine rings is 1. The van der Waals surface area contributed by atoms with E-state index in [-0.39, 0.29) is 31.1 Å². The quantitative estimate of drug-likeness (QED) is 0.138. The van der Waals surface area contributed by atoms with Crippen LogP contribution in [0.15, 0.2) is 67.0 Å². The van der Waals surface area contributed by atoms with Gasteiger partial charge >= 0.3 is 18.4 Å². The molecule has 6 atom stereocenters. The number of carbonyl (C=O) groups is 3. The number of hydrogen-bond donors (Lipinski definition) is 4. The largest absolute Gasteiger partial charge is 0.453 e. The summed E-state index contributed by atoms with van der Waals surface area (Å²) < 4.78 is 76.0. The SMILES string of the molecule is COC(=O)NC(C(=O)NC(Cc1ccc(-c2cccnc2)cc1)C(O)CN(Cc1ccc(C(F)(F)F)c(F)c1)NC(=O)OC1COC2OCCC12)C(C)(C)C. The summed E-state index contributed by atoms with van der Waals surface area (Å²) in [7, 11) is 1.16. The second-order valence-electron chi connectivity index (χ2n) is 14.5. The Morgan fingerprint density at radius 1 is 1.00 bits per heavy atom. The molecule has 0 aliphatic carbocycles. The van der Waals surface area contributed by atoms with Gasteiger partial charge in [-0.05, 0) is 58.7 Å². The maximum Gasteiger partial charge on any atom is 0.422 e. The second-order valence-corrected chi connectivity index (χ2v) is 14.5. The van der Waals surface area contributed by atoms with Gasteiger partial charge < -0.3 is 34.7 Å². The van der Waals surface area contributed by atoms with E-state index in [0.717, 1.165) is 29.3 Å². The van der Waals surface area contributed by atoms with Crippen molar-refractivity contribution in [2.24, 2.45) is 11.3 Å². The van der Waals surface area contributed by atoms with Crippen molar-refractivity contribution in [3.8, 4) is 11.1 Å². The van der Waals surface area contributed by atoms with Crippen LogP contribution in [0.4, 0.5) is 27.2 Å². The van der Waals surface area contributed by atoms with E-state index in [0.29, 0.717) is 30.7 Å². The molecular formula is C38H45F4N5O8. The van der Waals surface area contributed by atoms with Gasteiger partial charge in [0.05, 0.1) is 44.0 Å². The fraction of sp³-hybridized carbons (Fsp3) is 0.474. The summed E-state index contributed by atoms with van der Waals surface area (Å²) >= 11 is 0. The van der Waals surface area contributed by atoms with Crippen LogP contribution in [0.2, 0.25) is 0 Å². The first-order valence-corrected chi connectivity index (χ1v) is 17.6. The molecule has 2 aliphatic heterocycles. The fourth-order valence-corrected chi connectivity index (χ4v) is 6.47. The van der Waals surface area contributed by atoms with E-state index in [2.05, 4.69) is 21.0 Å².